The maximum Gasteiger partial charge on any atom is 0.247 e. The average Bonchev–Trinajstić information content (AvgIpc) is 2.76. The third-order valence-electron chi connectivity index (χ3n) is 4.61. The lowest BCUT2D eigenvalue weighted by Gasteiger charge is -2.23. The standard InChI is InChI=1S/C22H30N2O5S/c1-4-5-9-14-23-22(25)17-24(16-18-10-7-6-8-11-18)30(26,27)21-15-19(28-2)12-13-20(21)29-3/h6-8,10-13,15H,4-5,9,14,16-17H2,1-3H3,(H,23,25). The fourth-order valence-corrected chi connectivity index (χ4v) is 4.51. The molecule has 0 aliphatic heterocycles. The van der Waals surface area contributed by atoms with Gasteiger partial charge in [-0.05, 0) is 24.1 Å². The van der Waals surface area contributed by atoms with E-state index in [0.29, 0.717) is 12.3 Å². The number of rotatable bonds is 12. The molecular weight excluding hydrogens is 404 g/mol. The lowest BCUT2D eigenvalue weighted by Crippen LogP contribution is -2.40. The maximum atomic E-state index is 13.5. The van der Waals surface area contributed by atoms with E-state index in [0.717, 1.165) is 29.1 Å². The van der Waals surface area contributed by atoms with Gasteiger partial charge < -0.3 is 14.8 Å². The molecule has 0 saturated heterocycles. The van der Waals surface area contributed by atoms with Crippen molar-refractivity contribution >= 4 is 15.9 Å². The number of sulfonamides is 1. The third kappa shape index (κ3) is 6.47. The Morgan fingerprint density at radius 3 is 2.40 bits per heavy atom. The molecule has 2 aromatic carbocycles. The number of amides is 1. The number of unbranched alkanes of at least 4 members (excludes halogenated alkanes) is 2. The number of carbonyl (C=O) groups excluding carboxylic acids is 1. The molecule has 0 unspecified atom stereocenters. The van der Waals surface area contributed by atoms with Gasteiger partial charge in [0.1, 0.15) is 16.4 Å². The van der Waals surface area contributed by atoms with Gasteiger partial charge in [0.15, 0.2) is 0 Å². The minimum Gasteiger partial charge on any atom is -0.497 e. The van der Waals surface area contributed by atoms with Crippen LogP contribution >= 0.6 is 0 Å². The quantitative estimate of drug-likeness (QED) is 0.519. The Morgan fingerprint density at radius 1 is 1.03 bits per heavy atom. The fraction of sp³-hybridized carbons (Fsp3) is 0.409. The van der Waals surface area contributed by atoms with E-state index in [2.05, 4.69) is 12.2 Å². The molecule has 2 rings (SSSR count). The van der Waals surface area contributed by atoms with Crippen molar-refractivity contribution in [1.82, 2.24) is 9.62 Å². The number of hydrogen-bond donors (Lipinski definition) is 1. The van der Waals surface area contributed by atoms with Crippen molar-refractivity contribution in [2.75, 3.05) is 27.3 Å². The van der Waals surface area contributed by atoms with E-state index in [9.17, 15) is 13.2 Å². The lowest BCUT2D eigenvalue weighted by molar-refractivity contribution is -0.121. The summed E-state index contributed by atoms with van der Waals surface area (Å²) in [6.07, 6.45) is 2.91. The molecule has 0 heterocycles. The monoisotopic (exact) mass is 434 g/mol. The van der Waals surface area contributed by atoms with Gasteiger partial charge in [-0.3, -0.25) is 4.79 Å². The highest BCUT2D eigenvalue weighted by atomic mass is 32.2. The van der Waals surface area contributed by atoms with Crippen LogP contribution in [0.15, 0.2) is 53.4 Å². The van der Waals surface area contributed by atoms with Crippen molar-refractivity contribution in [3.8, 4) is 11.5 Å². The zero-order valence-electron chi connectivity index (χ0n) is 17.8. The van der Waals surface area contributed by atoms with Crippen molar-refractivity contribution in [3.63, 3.8) is 0 Å². The molecule has 0 fully saturated rings. The zero-order valence-corrected chi connectivity index (χ0v) is 18.6. The summed E-state index contributed by atoms with van der Waals surface area (Å²) in [7, 11) is -1.17. The van der Waals surface area contributed by atoms with Crippen molar-refractivity contribution < 1.29 is 22.7 Å². The Morgan fingerprint density at radius 2 is 1.77 bits per heavy atom. The molecule has 30 heavy (non-hydrogen) atoms. The number of ether oxygens (including phenoxy) is 2. The predicted molar refractivity (Wildman–Crippen MR) is 116 cm³/mol. The van der Waals surface area contributed by atoms with Gasteiger partial charge in [0.05, 0.1) is 20.8 Å². The van der Waals surface area contributed by atoms with Crippen LogP contribution < -0.4 is 14.8 Å². The second-order valence-electron chi connectivity index (χ2n) is 6.83. The van der Waals surface area contributed by atoms with Gasteiger partial charge in [-0.25, -0.2) is 8.42 Å². The van der Waals surface area contributed by atoms with Crippen molar-refractivity contribution in [2.45, 2.75) is 37.6 Å². The van der Waals surface area contributed by atoms with Gasteiger partial charge in [0.2, 0.25) is 15.9 Å². The van der Waals surface area contributed by atoms with Gasteiger partial charge in [-0.15, -0.1) is 0 Å². The number of methoxy groups -OCH3 is 2. The van der Waals surface area contributed by atoms with Crippen molar-refractivity contribution in [3.05, 3.63) is 54.1 Å². The van der Waals surface area contributed by atoms with E-state index in [1.807, 2.05) is 30.3 Å². The highest BCUT2D eigenvalue weighted by Crippen LogP contribution is 2.31. The SMILES string of the molecule is CCCCCNC(=O)CN(Cc1ccccc1)S(=O)(=O)c1cc(OC)ccc1OC. The van der Waals surface area contributed by atoms with Crippen LogP contribution in [-0.2, 0) is 21.4 Å². The van der Waals surface area contributed by atoms with E-state index in [-0.39, 0.29) is 29.6 Å². The largest absolute Gasteiger partial charge is 0.497 e. The smallest absolute Gasteiger partial charge is 0.247 e. The van der Waals surface area contributed by atoms with Gasteiger partial charge in [0, 0.05) is 19.2 Å². The molecule has 1 N–H and O–H groups in total. The fourth-order valence-electron chi connectivity index (χ4n) is 2.96. The first kappa shape index (κ1) is 23.7. The van der Waals surface area contributed by atoms with E-state index in [4.69, 9.17) is 9.47 Å². The molecule has 0 aliphatic carbocycles. The van der Waals surface area contributed by atoms with Crippen LogP contribution in [0.1, 0.15) is 31.7 Å². The molecule has 0 saturated carbocycles. The van der Waals surface area contributed by atoms with E-state index in [1.165, 1.54) is 26.4 Å². The Balaban J connectivity index is 2.33. The molecule has 0 aromatic heterocycles. The molecule has 8 heteroatoms. The van der Waals surface area contributed by atoms with Crippen LogP contribution in [0.3, 0.4) is 0 Å². The molecule has 1 amide bonds. The number of benzene rings is 2. The normalized spacial score (nSPS) is 11.3. The van der Waals surface area contributed by atoms with E-state index in [1.54, 1.807) is 6.07 Å². The van der Waals surface area contributed by atoms with Gasteiger partial charge in [-0.1, -0.05) is 50.1 Å². The van der Waals surface area contributed by atoms with Crippen LogP contribution in [0, 0.1) is 0 Å². The highest BCUT2D eigenvalue weighted by molar-refractivity contribution is 7.89. The summed E-state index contributed by atoms with van der Waals surface area (Å²) in [5.41, 5.74) is 0.779. The minimum absolute atomic E-state index is 0.0425. The Bertz CT molecular complexity index is 916. The van der Waals surface area contributed by atoms with Crippen LogP contribution in [0.4, 0.5) is 0 Å². The summed E-state index contributed by atoms with van der Waals surface area (Å²) in [6, 6.07) is 13.7. The molecule has 2 aromatic rings. The van der Waals surface area contributed by atoms with Crippen LogP contribution in [0.2, 0.25) is 0 Å². The minimum atomic E-state index is -4.04. The second kappa shape index (κ2) is 11.6. The number of carbonyl (C=O) groups is 1. The van der Waals surface area contributed by atoms with Gasteiger partial charge in [-0.2, -0.15) is 4.31 Å². The van der Waals surface area contributed by atoms with Gasteiger partial charge >= 0.3 is 0 Å². The predicted octanol–water partition coefficient (Wildman–Crippen LogP) is 3.20. The molecule has 0 bridgehead atoms. The average molecular weight is 435 g/mol. The van der Waals surface area contributed by atoms with Gasteiger partial charge in [0.25, 0.3) is 0 Å². The topological polar surface area (TPSA) is 84.9 Å². The summed E-state index contributed by atoms with van der Waals surface area (Å²) >= 11 is 0. The summed E-state index contributed by atoms with van der Waals surface area (Å²) in [5, 5.41) is 2.81. The summed E-state index contributed by atoms with van der Waals surface area (Å²) < 4.78 is 38.6. The van der Waals surface area contributed by atoms with Crippen LogP contribution in [0.25, 0.3) is 0 Å². The molecule has 0 aliphatic rings. The zero-order chi connectivity index (χ0) is 22.0. The number of nitrogens with zero attached hydrogens (tertiary/aromatic N) is 1. The lowest BCUT2D eigenvalue weighted by atomic mass is 10.2. The molecule has 7 nitrogen and oxygen atoms in total. The molecule has 164 valence electrons. The first-order chi connectivity index (χ1) is 14.4. The van der Waals surface area contributed by atoms with Crippen LogP contribution in [0.5, 0.6) is 11.5 Å². The van der Waals surface area contributed by atoms with Crippen LogP contribution in [-0.4, -0.2) is 45.9 Å². The Labute approximate surface area is 179 Å². The first-order valence-corrected chi connectivity index (χ1v) is 11.4. The van der Waals surface area contributed by atoms with Crippen molar-refractivity contribution in [2.24, 2.45) is 0 Å². The molecular formula is C22H30N2O5S. The van der Waals surface area contributed by atoms with Crippen molar-refractivity contribution in [1.29, 1.82) is 0 Å². The molecule has 0 spiro atoms. The molecule has 0 atom stereocenters. The Hall–Kier alpha value is -2.58. The molecule has 0 radical (unpaired) electrons. The number of hydrogen-bond acceptors (Lipinski definition) is 5. The maximum absolute atomic E-state index is 13.5. The summed E-state index contributed by atoms with van der Waals surface area (Å²) in [5.74, 6) is 0.239. The highest BCUT2D eigenvalue weighted by Gasteiger charge is 2.30. The first-order valence-electron chi connectivity index (χ1n) is 9.95. The number of nitrogens with one attached hydrogen (secondary N) is 1. The Kier molecular flexibility index (Phi) is 9.14. The van der Waals surface area contributed by atoms with E-state index >= 15 is 0 Å². The summed E-state index contributed by atoms with van der Waals surface area (Å²) in [4.78, 5) is 12.4. The van der Waals surface area contributed by atoms with E-state index < -0.39 is 10.0 Å². The summed E-state index contributed by atoms with van der Waals surface area (Å²) in [6.45, 7) is 2.38. The second-order valence-corrected chi connectivity index (χ2v) is 8.74. The third-order valence-corrected chi connectivity index (χ3v) is 6.43.